The van der Waals surface area contributed by atoms with E-state index in [1.807, 2.05) is 49.9 Å². The number of nitrogens with one attached hydrogen (secondary N) is 1. The number of carbonyl (C=O) groups excluding carboxylic acids is 2. The first-order valence-electron chi connectivity index (χ1n) is 9.04. The Hall–Kier alpha value is -2.24. The molecule has 6 nitrogen and oxygen atoms in total. The van der Waals surface area contributed by atoms with E-state index in [1.54, 1.807) is 4.90 Å². The van der Waals surface area contributed by atoms with Gasteiger partial charge in [0.15, 0.2) is 0 Å². The van der Waals surface area contributed by atoms with Crippen LogP contribution in [0, 0.1) is 0 Å². The Kier molecular flexibility index (Phi) is 7.10. The molecule has 1 N–H and O–H groups in total. The minimum Gasteiger partial charge on any atom is -0.494 e. The Morgan fingerprint density at radius 1 is 1.08 bits per heavy atom. The van der Waals surface area contributed by atoms with Crippen molar-refractivity contribution in [3.05, 3.63) is 29.8 Å². The summed E-state index contributed by atoms with van der Waals surface area (Å²) in [5, 5.41) is 2.91. The summed E-state index contributed by atoms with van der Waals surface area (Å²) >= 11 is 0. The van der Waals surface area contributed by atoms with Crippen LogP contribution in [-0.2, 0) is 11.2 Å². The SMILES string of the molecule is CCOc1ccc(CC(=O)N2CCCN(C(=O)NC(C)C)CC2)cc1. The quantitative estimate of drug-likeness (QED) is 0.889. The lowest BCUT2D eigenvalue weighted by Gasteiger charge is -2.23. The smallest absolute Gasteiger partial charge is 0.317 e. The maximum atomic E-state index is 12.6. The van der Waals surface area contributed by atoms with Crippen LogP contribution in [0.5, 0.6) is 5.75 Å². The van der Waals surface area contributed by atoms with Crippen molar-refractivity contribution in [1.29, 1.82) is 0 Å². The molecular formula is C19H29N3O3. The summed E-state index contributed by atoms with van der Waals surface area (Å²) in [5.74, 6) is 0.926. The molecular weight excluding hydrogens is 318 g/mol. The fourth-order valence-electron chi connectivity index (χ4n) is 2.86. The van der Waals surface area contributed by atoms with E-state index in [0.29, 0.717) is 39.2 Å². The molecule has 1 fully saturated rings. The zero-order valence-corrected chi connectivity index (χ0v) is 15.5. The number of hydrogen-bond donors (Lipinski definition) is 1. The van der Waals surface area contributed by atoms with Crippen LogP contribution in [0.4, 0.5) is 4.79 Å². The van der Waals surface area contributed by atoms with E-state index in [9.17, 15) is 9.59 Å². The Morgan fingerprint density at radius 3 is 2.36 bits per heavy atom. The summed E-state index contributed by atoms with van der Waals surface area (Å²) in [6.45, 7) is 9.01. The summed E-state index contributed by atoms with van der Waals surface area (Å²) in [4.78, 5) is 28.3. The average molecular weight is 347 g/mol. The number of amides is 3. The summed E-state index contributed by atoms with van der Waals surface area (Å²) in [5.41, 5.74) is 0.979. The van der Waals surface area contributed by atoms with Crippen LogP contribution in [-0.4, -0.2) is 60.6 Å². The van der Waals surface area contributed by atoms with Crippen LogP contribution < -0.4 is 10.1 Å². The molecule has 0 atom stereocenters. The van der Waals surface area contributed by atoms with Crippen molar-refractivity contribution in [2.24, 2.45) is 0 Å². The molecule has 25 heavy (non-hydrogen) atoms. The number of urea groups is 1. The monoisotopic (exact) mass is 347 g/mol. The van der Waals surface area contributed by atoms with E-state index < -0.39 is 0 Å². The first-order chi connectivity index (χ1) is 12.0. The largest absolute Gasteiger partial charge is 0.494 e. The molecule has 0 unspecified atom stereocenters. The molecule has 0 aliphatic carbocycles. The van der Waals surface area contributed by atoms with Gasteiger partial charge < -0.3 is 19.9 Å². The van der Waals surface area contributed by atoms with Gasteiger partial charge in [0.2, 0.25) is 5.91 Å². The van der Waals surface area contributed by atoms with Gasteiger partial charge >= 0.3 is 6.03 Å². The van der Waals surface area contributed by atoms with E-state index in [4.69, 9.17) is 4.74 Å². The number of ether oxygens (including phenoxy) is 1. The van der Waals surface area contributed by atoms with Crippen molar-refractivity contribution in [2.75, 3.05) is 32.8 Å². The molecule has 1 heterocycles. The number of nitrogens with zero attached hydrogens (tertiary/aromatic N) is 2. The molecule has 1 aliphatic heterocycles. The second-order valence-electron chi connectivity index (χ2n) is 6.58. The summed E-state index contributed by atoms with van der Waals surface area (Å²) in [7, 11) is 0. The molecule has 2 rings (SSSR count). The van der Waals surface area contributed by atoms with Crippen LogP contribution in [0.3, 0.4) is 0 Å². The molecule has 0 aromatic heterocycles. The van der Waals surface area contributed by atoms with Crippen LogP contribution >= 0.6 is 0 Å². The van der Waals surface area contributed by atoms with Crippen molar-refractivity contribution in [3.63, 3.8) is 0 Å². The molecule has 6 heteroatoms. The third-order valence-electron chi connectivity index (χ3n) is 4.14. The minimum atomic E-state index is -0.0455. The van der Waals surface area contributed by atoms with Gasteiger partial charge in [-0.25, -0.2) is 4.79 Å². The van der Waals surface area contributed by atoms with Crippen LogP contribution in [0.2, 0.25) is 0 Å². The first kappa shape index (κ1) is 19.1. The van der Waals surface area contributed by atoms with Gasteiger partial charge in [-0.1, -0.05) is 12.1 Å². The van der Waals surface area contributed by atoms with E-state index in [2.05, 4.69) is 5.32 Å². The lowest BCUT2D eigenvalue weighted by Crippen LogP contribution is -2.45. The molecule has 138 valence electrons. The molecule has 0 radical (unpaired) electrons. The van der Waals surface area contributed by atoms with Crippen LogP contribution in [0.25, 0.3) is 0 Å². The molecule has 0 saturated carbocycles. The molecule has 1 aliphatic rings. The van der Waals surface area contributed by atoms with Crippen molar-refractivity contribution in [3.8, 4) is 5.75 Å². The van der Waals surface area contributed by atoms with Gasteiger partial charge in [-0.2, -0.15) is 0 Å². The second-order valence-corrected chi connectivity index (χ2v) is 6.58. The lowest BCUT2D eigenvalue weighted by molar-refractivity contribution is -0.130. The third kappa shape index (κ3) is 5.96. The van der Waals surface area contributed by atoms with Crippen molar-refractivity contribution >= 4 is 11.9 Å². The number of carbonyl (C=O) groups is 2. The van der Waals surface area contributed by atoms with E-state index in [-0.39, 0.29) is 18.0 Å². The maximum absolute atomic E-state index is 12.6. The third-order valence-corrected chi connectivity index (χ3v) is 4.14. The summed E-state index contributed by atoms with van der Waals surface area (Å²) < 4.78 is 5.42. The highest BCUT2D eigenvalue weighted by atomic mass is 16.5. The zero-order valence-electron chi connectivity index (χ0n) is 15.5. The Labute approximate surface area is 150 Å². The molecule has 1 aromatic rings. The fraction of sp³-hybridized carbons (Fsp3) is 0.579. The van der Waals surface area contributed by atoms with Gasteiger partial charge in [0.25, 0.3) is 0 Å². The highest BCUT2D eigenvalue weighted by Gasteiger charge is 2.22. The van der Waals surface area contributed by atoms with Crippen molar-refractivity contribution < 1.29 is 14.3 Å². The van der Waals surface area contributed by atoms with Crippen molar-refractivity contribution in [1.82, 2.24) is 15.1 Å². The normalized spacial score (nSPS) is 15.0. The standard InChI is InChI=1S/C19H29N3O3/c1-4-25-17-8-6-16(7-9-17)14-18(23)21-10-5-11-22(13-12-21)19(24)20-15(2)3/h6-9,15H,4-5,10-14H2,1-3H3,(H,20,24). The topological polar surface area (TPSA) is 61.9 Å². The maximum Gasteiger partial charge on any atom is 0.317 e. The summed E-state index contributed by atoms with van der Waals surface area (Å²) in [6.07, 6.45) is 1.19. The van der Waals surface area contributed by atoms with Gasteiger partial charge in [-0.15, -0.1) is 0 Å². The predicted molar refractivity (Wildman–Crippen MR) is 97.8 cm³/mol. The number of rotatable bonds is 5. The van der Waals surface area contributed by atoms with Crippen molar-refractivity contribution in [2.45, 2.75) is 39.7 Å². The Morgan fingerprint density at radius 2 is 1.72 bits per heavy atom. The number of benzene rings is 1. The van der Waals surface area contributed by atoms with E-state index in [1.165, 1.54) is 0 Å². The van der Waals surface area contributed by atoms with Gasteiger partial charge in [0.05, 0.1) is 13.0 Å². The highest BCUT2D eigenvalue weighted by molar-refractivity contribution is 5.79. The van der Waals surface area contributed by atoms with Gasteiger partial charge in [-0.05, 0) is 44.9 Å². The van der Waals surface area contributed by atoms with Gasteiger partial charge in [0, 0.05) is 32.2 Å². The van der Waals surface area contributed by atoms with E-state index >= 15 is 0 Å². The highest BCUT2D eigenvalue weighted by Crippen LogP contribution is 2.14. The number of hydrogen-bond acceptors (Lipinski definition) is 3. The van der Waals surface area contributed by atoms with E-state index in [0.717, 1.165) is 17.7 Å². The fourth-order valence-corrected chi connectivity index (χ4v) is 2.86. The van der Waals surface area contributed by atoms with Crippen LogP contribution in [0.1, 0.15) is 32.8 Å². The molecule has 3 amide bonds. The Balaban J connectivity index is 1.86. The first-order valence-corrected chi connectivity index (χ1v) is 9.04. The predicted octanol–water partition coefficient (Wildman–Crippen LogP) is 2.28. The lowest BCUT2D eigenvalue weighted by atomic mass is 10.1. The molecule has 1 aromatic carbocycles. The molecule has 0 bridgehead atoms. The Bertz CT molecular complexity index is 572. The average Bonchev–Trinajstić information content (AvgIpc) is 2.82. The minimum absolute atomic E-state index is 0.0455. The second kappa shape index (κ2) is 9.30. The zero-order chi connectivity index (χ0) is 18.2. The van der Waals surface area contributed by atoms with Gasteiger partial charge in [0.1, 0.15) is 5.75 Å². The van der Waals surface area contributed by atoms with Crippen LogP contribution in [0.15, 0.2) is 24.3 Å². The summed E-state index contributed by atoms with van der Waals surface area (Å²) in [6, 6.07) is 7.73. The molecule has 0 spiro atoms. The molecule has 1 saturated heterocycles. The van der Waals surface area contributed by atoms with Gasteiger partial charge in [-0.3, -0.25) is 4.79 Å².